The molecule has 0 aliphatic heterocycles. The molecule has 0 aliphatic carbocycles. The van der Waals surface area contributed by atoms with Gasteiger partial charge in [0.1, 0.15) is 5.82 Å². The molecule has 1 nitrogen and oxygen atoms in total. The quantitative estimate of drug-likeness (QED) is 0.819. The molecule has 1 N–H and O–H groups in total. The molecule has 0 bridgehead atoms. The first kappa shape index (κ1) is 14.1. The Morgan fingerprint density at radius 1 is 1.11 bits per heavy atom. The highest BCUT2D eigenvalue weighted by Gasteiger charge is 2.15. The van der Waals surface area contributed by atoms with Crippen LogP contribution >= 0.6 is 11.8 Å². The fourth-order valence-electron chi connectivity index (χ4n) is 2.17. The maximum Gasteiger partial charge on any atom is 0.123 e. The second-order valence-electron chi connectivity index (χ2n) is 4.28. The van der Waals surface area contributed by atoms with Crippen LogP contribution in [0.2, 0.25) is 0 Å². The first-order valence-electron chi connectivity index (χ1n) is 6.38. The van der Waals surface area contributed by atoms with Gasteiger partial charge in [0.2, 0.25) is 0 Å². The lowest BCUT2D eigenvalue weighted by Gasteiger charge is -2.21. The number of hydrogen-bond acceptors (Lipinski definition) is 2. The summed E-state index contributed by atoms with van der Waals surface area (Å²) in [5.41, 5.74) is 2.33. The second kappa shape index (κ2) is 6.73. The SMILES string of the molecule is CCNC(c1ccc(F)cc1)c1ccccc1SC. The van der Waals surface area contributed by atoms with Crippen molar-refractivity contribution in [1.29, 1.82) is 0 Å². The summed E-state index contributed by atoms with van der Waals surface area (Å²) in [6.07, 6.45) is 2.08. The first-order chi connectivity index (χ1) is 9.26. The van der Waals surface area contributed by atoms with Gasteiger partial charge in [-0.25, -0.2) is 4.39 Å². The largest absolute Gasteiger partial charge is 0.306 e. The monoisotopic (exact) mass is 275 g/mol. The zero-order chi connectivity index (χ0) is 13.7. The Labute approximate surface area is 118 Å². The Hall–Kier alpha value is -1.32. The molecule has 0 aliphatic rings. The summed E-state index contributed by atoms with van der Waals surface area (Å²) >= 11 is 1.73. The molecule has 2 aromatic carbocycles. The number of nitrogens with one attached hydrogen (secondary N) is 1. The molecule has 1 atom stereocenters. The lowest BCUT2D eigenvalue weighted by Crippen LogP contribution is -2.22. The van der Waals surface area contributed by atoms with E-state index in [-0.39, 0.29) is 11.9 Å². The van der Waals surface area contributed by atoms with Crippen molar-refractivity contribution in [3.63, 3.8) is 0 Å². The highest BCUT2D eigenvalue weighted by atomic mass is 32.2. The molecule has 0 saturated carbocycles. The van der Waals surface area contributed by atoms with Crippen molar-refractivity contribution < 1.29 is 4.39 Å². The van der Waals surface area contributed by atoms with Crippen molar-refractivity contribution in [2.24, 2.45) is 0 Å². The van der Waals surface area contributed by atoms with Crippen LogP contribution in [-0.4, -0.2) is 12.8 Å². The van der Waals surface area contributed by atoms with E-state index in [1.165, 1.54) is 22.6 Å². The number of benzene rings is 2. The Morgan fingerprint density at radius 3 is 2.42 bits per heavy atom. The summed E-state index contributed by atoms with van der Waals surface area (Å²) < 4.78 is 13.1. The predicted octanol–water partition coefficient (Wildman–Crippen LogP) is 4.25. The third-order valence-electron chi connectivity index (χ3n) is 3.06. The molecule has 0 amide bonds. The van der Waals surface area contributed by atoms with Crippen molar-refractivity contribution in [3.8, 4) is 0 Å². The van der Waals surface area contributed by atoms with Gasteiger partial charge in [0.15, 0.2) is 0 Å². The smallest absolute Gasteiger partial charge is 0.123 e. The molecule has 0 saturated heterocycles. The van der Waals surface area contributed by atoms with Gasteiger partial charge >= 0.3 is 0 Å². The van der Waals surface area contributed by atoms with E-state index < -0.39 is 0 Å². The van der Waals surface area contributed by atoms with E-state index in [1.54, 1.807) is 11.8 Å². The van der Waals surface area contributed by atoms with Crippen molar-refractivity contribution in [2.75, 3.05) is 12.8 Å². The summed E-state index contributed by atoms with van der Waals surface area (Å²) in [6, 6.07) is 15.2. The lowest BCUT2D eigenvalue weighted by molar-refractivity contribution is 0.609. The van der Waals surface area contributed by atoms with Crippen LogP contribution in [0.4, 0.5) is 4.39 Å². The highest BCUT2D eigenvalue weighted by Crippen LogP contribution is 2.30. The summed E-state index contributed by atoms with van der Waals surface area (Å²) in [5.74, 6) is -0.197. The minimum Gasteiger partial charge on any atom is -0.306 e. The van der Waals surface area contributed by atoms with Gasteiger partial charge in [0.05, 0.1) is 6.04 Å². The minimum absolute atomic E-state index is 0.106. The van der Waals surface area contributed by atoms with E-state index in [9.17, 15) is 4.39 Å². The maximum atomic E-state index is 13.1. The van der Waals surface area contributed by atoms with Gasteiger partial charge in [-0.2, -0.15) is 0 Å². The normalized spacial score (nSPS) is 12.4. The number of hydrogen-bond donors (Lipinski definition) is 1. The molecular weight excluding hydrogens is 257 g/mol. The number of rotatable bonds is 5. The predicted molar refractivity (Wildman–Crippen MR) is 80.1 cm³/mol. The fraction of sp³-hybridized carbons (Fsp3) is 0.250. The van der Waals surface area contributed by atoms with E-state index in [4.69, 9.17) is 0 Å². The summed E-state index contributed by atoms with van der Waals surface area (Å²) in [6.45, 7) is 2.95. The molecule has 0 aromatic heterocycles. The second-order valence-corrected chi connectivity index (χ2v) is 5.13. The van der Waals surface area contributed by atoms with Crippen LogP contribution in [0.25, 0.3) is 0 Å². The zero-order valence-electron chi connectivity index (χ0n) is 11.2. The molecule has 3 heteroatoms. The third-order valence-corrected chi connectivity index (χ3v) is 3.87. The van der Waals surface area contributed by atoms with Gasteiger partial charge < -0.3 is 5.32 Å². The van der Waals surface area contributed by atoms with Gasteiger partial charge in [0, 0.05) is 4.90 Å². The van der Waals surface area contributed by atoms with Crippen LogP contribution in [0, 0.1) is 5.82 Å². The summed E-state index contributed by atoms with van der Waals surface area (Å²) in [4.78, 5) is 1.25. The van der Waals surface area contributed by atoms with Crippen LogP contribution < -0.4 is 5.32 Å². The average Bonchev–Trinajstić information content (AvgIpc) is 2.46. The molecule has 0 radical (unpaired) electrons. The van der Waals surface area contributed by atoms with Crippen LogP contribution in [0.1, 0.15) is 24.1 Å². The Morgan fingerprint density at radius 2 is 1.79 bits per heavy atom. The van der Waals surface area contributed by atoms with Crippen molar-refractivity contribution >= 4 is 11.8 Å². The first-order valence-corrected chi connectivity index (χ1v) is 7.60. The van der Waals surface area contributed by atoms with Gasteiger partial charge in [0.25, 0.3) is 0 Å². The summed E-state index contributed by atoms with van der Waals surface area (Å²) in [5, 5.41) is 3.47. The van der Waals surface area contributed by atoms with Crippen molar-refractivity contribution in [1.82, 2.24) is 5.32 Å². The highest BCUT2D eigenvalue weighted by molar-refractivity contribution is 7.98. The van der Waals surface area contributed by atoms with Gasteiger partial charge in [-0.3, -0.25) is 0 Å². The lowest BCUT2D eigenvalue weighted by atomic mass is 9.98. The van der Waals surface area contributed by atoms with Crippen LogP contribution in [0.15, 0.2) is 53.4 Å². The molecule has 0 spiro atoms. The molecular formula is C16H18FNS. The standard InChI is InChI=1S/C16H18FNS/c1-3-18-16(12-8-10-13(17)11-9-12)14-6-4-5-7-15(14)19-2/h4-11,16,18H,3H2,1-2H3. The zero-order valence-corrected chi connectivity index (χ0v) is 12.0. The maximum absolute atomic E-state index is 13.1. The molecule has 2 rings (SSSR count). The molecule has 0 heterocycles. The van der Waals surface area contributed by atoms with E-state index in [1.807, 2.05) is 24.3 Å². The Kier molecular flexibility index (Phi) is 5.00. The van der Waals surface area contributed by atoms with Crippen molar-refractivity contribution in [3.05, 3.63) is 65.5 Å². The average molecular weight is 275 g/mol. The van der Waals surface area contributed by atoms with Crippen molar-refractivity contribution in [2.45, 2.75) is 17.9 Å². The minimum atomic E-state index is -0.197. The third kappa shape index (κ3) is 3.37. The molecule has 2 aromatic rings. The van der Waals surface area contributed by atoms with Gasteiger partial charge in [-0.05, 0) is 42.1 Å². The molecule has 1 unspecified atom stereocenters. The van der Waals surface area contributed by atoms with E-state index >= 15 is 0 Å². The number of halogens is 1. The number of thioether (sulfide) groups is 1. The summed E-state index contributed by atoms with van der Waals surface area (Å²) in [7, 11) is 0. The van der Waals surface area contributed by atoms with E-state index in [2.05, 4.69) is 30.6 Å². The van der Waals surface area contributed by atoms with E-state index in [0.717, 1.165) is 12.1 Å². The molecule has 19 heavy (non-hydrogen) atoms. The Bertz CT molecular complexity index is 525. The van der Waals surface area contributed by atoms with Crippen LogP contribution in [0.3, 0.4) is 0 Å². The molecule has 100 valence electrons. The van der Waals surface area contributed by atoms with Crippen LogP contribution in [-0.2, 0) is 0 Å². The van der Waals surface area contributed by atoms with Gasteiger partial charge in [-0.1, -0.05) is 37.3 Å². The van der Waals surface area contributed by atoms with E-state index in [0.29, 0.717) is 0 Å². The van der Waals surface area contributed by atoms with Gasteiger partial charge in [-0.15, -0.1) is 11.8 Å². The topological polar surface area (TPSA) is 12.0 Å². The Balaban J connectivity index is 2.42. The molecule has 0 fully saturated rings. The fourth-order valence-corrected chi connectivity index (χ4v) is 2.81. The van der Waals surface area contributed by atoms with Crippen LogP contribution in [0.5, 0.6) is 0 Å².